The summed E-state index contributed by atoms with van der Waals surface area (Å²) in [4.78, 5) is 0. The molecule has 0 spiro atoms. The number of benzene rings is 1. The highest BCUT2D eigenvalue weighted by atomic mass is 79.9. The van der Waals surface area contributed by atoms with Crippen LogP contribution in [0.1, 0.15) is 5.56 Å². The quantitative estimate of drug-likeness (QED) is 0.825. The number of rotatable bonds is 1. The number of nitrogens with zero attached hydrogens (tertiary/aromatic N) is 2. The summed E-state index contributed by atoms with van der Waals surface area (Å²) in [5.41, 5.74) is 7.88. The zero-order valence-electron chi connectivity index (χ0n) is 7.29. The molecule has 1 heterocycles. The van der Waals surface area contributed by atoms with Crippen molar-refractivity contribution in [3.05, 3.63) is 28.4 Å². The highest BCUT2D eigenvalue weighted by Gasteiger charge is 2.05. The molecule has 0 fully saturated rings. The van der Waals surface area contributed by atoms with Gasteiger partial charge in [-0.05, 0) is 17.7 Å². The van der Waals surface area contributed by atoms with E-state index < -0.39 is 0 Å². The Morgan fingerprint density at radius 2 is 2.31 bits per heavy atom. The summed E-state index contributed by atoms with van der Waals surface area (Å²) in [5, 5.41) is 5.31. The molecule has 1 aromatic heterocycles. The zero-order chi connectivity index (χ0) is 9.42. The fraction of sp³-hybridized carbons (Fsp3) is 0.222. The fourth-order valence-corrected chi connectivity index (χ4v) is 2.06. The lowest BCUT2D eigenvalue weighted by molar-refractivity contribution is 0.791. The monoisotopic (exact) mass is 239 g/mol. The van der Waals surface area contributed by atoms with Crippen LogP contribution >= 0.6 is 15.9 Å². The minimum atomic E-state index is 0.537. The lowest BCUT2D eigenvalue weighted by Crippen LogP contribution is -2.00. The van der Waals surface area contributed by atoms with E-state index in [0.29, 0.717) is 6.54 Å². The third kappa shape index (κ3) is 1.36. The van der Waals surface area contributed by atoms with Gasteiger partial charge in [-0.2, -0.15) is 5.10 Å². The highest BCUT2D eigenvalue weighted by molar-refractivity contribution is 9.10. The Kier molecular flexibility index (Phi) is 2.09. The Morgan fingerprint density at radius 1 is 1.54 bits per heavy atom. The van der Waals surface area contributed by atoms with Crippen LogP contribution in [-0.2, 0) is 13.6 Å². The Morgan fingerprint density at radius 3 is 3.00 bits per heavy atom. The molecule has 4 heteroatoms. The van der Waals surface area contributed by atoms with Crippen LogP contribution in [-0.4, -0.2) is 9.78 Å². The molecule has 0 atom stereocenters. The van der Waals surface area contributed by atoms with Crippen molar-refractivity contribution in [2.45, 2.75) is 6.54 Å². The number of aryl methyl sites for hydroxylation is 1. The molecule has 0 radical (unpaired) electrons. The second kappa shape index (κ2) is 3.12. The van der Waals surface area contributed by atoms with Gasteiger partial charge in [-0.1, -0.05) is 15.9 Å². The molecule has 0 bridgehead atoms. The van der Waals surface area contributed by atoms with Crippen LogP contribution in [0.3, 0.4) is 0 Å². The first-order valence-electron chi connectivity index (χ1n) is 4.02. The van der Waals surface area contributed by atoms with E-state index >= 15 is 0 Å². The largest absolute Gasteiger partial charge is 0.326 e. The molecule has 0 unspecified atom stereocenters. The van der Waals surface area contributed by atoms with Crippen molar-refractivity contribution in [2.75, 3.05) is 0 Å². The van der Waals surface area contributed by atoms with E-state index in [4.69, 9.17) is 5.73 Å². The first-order valence-corrected chi connectivity index (χ1v) is 4.82. The summed E-state index contributed by atoms with van der Waals surface area (Å²) in [5.74, 6) is 0. The third-order valence-corrected chi connectivity index (χ3v) is 2.55. The predicted octanol–water partition coefficient (Wildman–Crippen LogP) is 1.79. The van der Waals surface area contributed by atoms with Crippen molar-refractivity contribution in [3.8, 4) is 0 Å². The molecule has 0 aliphatic rings. The first kappa shape index (κ1) is 8.72. The van der Waals surface area contributed by atoms with Gasteiger partial charge >= 0.3 is 0 Å². The molecule has 2 rings (SSSR count). The lowest BCUT2D eigenvalue weighted by Gasteiger charge is -2.02. The summed E-state index contributed by atoms with van der Waals surface area (Å²) in [7, 11) is 1.93. The Labute approximate surface area is 84.7 Å². The van der Waals surface area contributed by atoms with Crippen LogP contribution in [0.15, 0.2) is 22.8 Å². The maximum Gasteiger partial charge on any atom is 0.0724 e. The van der Waals surface area contributed by atoms with Gasteiger partial charge in [0.25, 0.3) is 0 Å². The lowest BCUT2D eigenvalue weighted by atomic mass is 10.1. The van der Waals surface area contributed by atoms with Gasteiger partial charge in [0.05, 0.1) is 11.7 Å². The van der Waals surface area contributed by atoms with Gasteiger partial charge < -0.3 is 5.73 Å². The molecule has 13 heavy (non-hydrogen) atoms. The minimum Gasteiger partial charge on any atom is -0.326 e. The molecule has 2 aromatic rings. The molecule has 0 amide bonds. The standard InChI is InChI=1S/C9H10BrN3/c1-13-9-6(4-11)2-8(10)3-7(9)5-12-13/h2-3,5H,4,11H2,1H3. The summed E-state index contributed by atoms with van der Waals surface area (Å²) in [6.07, 6.45) is 1.85. The van der Waals surface area contributed by atoms with Crippen molar-refractivity contribution in [1.29, 1.82) is 0 Å². The number of hydrogen-bond acceptors (Lipinski definition) is 2. The minimum absolute atomic E-state index is 0.537. The van der Waals surface area contributed by atoms with Gasteiger partial charge in [-0.25, -0.2) is 0 Å². The van der Waals surface area contributed by atoms with Crippen LogP contribution in [0.4, 0.5) is 0 Å². The van der Waals surface area contributed by atoms with Gasteiger partial charge in [0.15, 0.2) is 0 Å². The van der Waals surface area contributed by atoms with Crippen LogP contribution in [0, 0.1) is 0 Å². The maximum absolute atomic E-state index is 5.65. The van der Waals surface area contributed by atoms with Gasteiger partial charge in [-0.3, -0.25) is 4.68 Å². The van der Waals surface area contributed by atoms with Crippen molar-refractivity contribution in [2.24, 2.45) is 12.8 Å². The first-order chi connectivity index (χ1) is 6.22. The maximum atomic E-state index is 5.65. The number of nitrogens with two attached hydrogens (primary N) is 1. The molecular formula is C9H10BrN3. The molecule has 1 aromatic carbocycles. The van der Waals surface area contributed by atoms with Crippen molar-refractivity contribution < 1.29 is 0 Å². The molecule has 0 aliphatic heterocycles. The number of hydrogen-bond donors (Lipinski definition) is 1. The number of aromatic nitrogens is 2. The number of halogens is 1. The van der Waals surface area contributed by atoms with Crippen LogP contribution in [0.5, 0.6) is 0 Å². The number of fused-ring (bicyclic) bond motifs is 1. The Balaban J connectivity index is 2.85. The molecular weight excluding hydrogens is 230 g/mol. The second-order valence-corrected chi connectivity index (χ2v) is 3.89. The van der Waals surface area contributed by atoms with Crippen LogP contribution in [0.25, 0.3) is 10.9 Å². The Hall–Kier alpha value is -0.870. The molecule has 0 saturated carbocycles. The van der Waals surface area contributed by atoms with E-state index in [1.54, 1.807) is 0 Å². The highest BCUT2D eigenvalue weighted by Crippen LogP contribution is 2.23. The van der Waals surface area contributed by atoms with Crippen molar-refractivity contribution in [3.63, 3.8) is 0 Å². The molecule has 0 aliphatic carbocycles. The van der Waals surface area contributed by atoms with Crippen LogP contribution < -0.4 is 5.73 Å². The molecule has 68 valence electrons. The zero-order valence-corrected chi connectivity index (χ0v) is 8.87. The summed E-state index contributed by atoms with van der Waals surface area (Å²) in [6, 6.07) is 4.07. The summed E-state index contributed by atoms with van der Waals surface area (Å²) >= 11 is 3.44. The molecule has 2 N–H and O–H groups in total. The normalized spacial score (nSPS) is 11.0. The molecule has 0 saturated heterocycles. The van der Waals surface area contributed by atoms with Gasteiger partial charge in [-0.15, -0.1) is 0 Å². The smallest absolute Gasteiger partial charge is 0.0724 e. The third-order valence-electron chi connectivity index (χ3n) is 2.10. The van der Waals surface area contributed by atoms with Crippen molar-refractivity contribution in [1.82, 2.24) is 9.78 Å². The van der Waals surface area contributed by atoms with E-state index in [1.165, 1.54) is 0 Å². The van der Waals surface area contributed by atoms with Gasteiger partial charge in [0, 0.05) is 23.5 Å². The summed E-state index contributed by atoms with van der Waals surface area (Å²) in [6.45, 7) is 0.537. The van der Waals surface area contributed by atoms with E-state index in [2.05, 4.69) is 21.0 Å². The average molecular weight is 240 g/mol. The second-order valence-electron chi connectivity index (χ2n) is 2.98. The predicted molar refractivity (Wildman–Crippen MR) is 56.3 cm³/mol. The van der Waals surface area contributed by atoms with Gasteiger partial charge in [0.1, 0.15) is 0 Å². The summed E-state index contributed by atoms with van der Waals surface area (Å²) < 4.78 is 2.90. The van der Waals surface area contributed by atoms with E-state index in [-0.39, 0.29) is 0 Å². The van der Waals surface area contributed by atoms with E-state index in [0.717, 1.165) is 20.9 Å². The fourth-order valence-electron chi connectivity index (χ4n) is 1.53. The van der Waals surface area contributed by atoms with E-state index in [1.807, 2.05) is 30.1 Å². The Bertz CT molecular complexity index is 447. The average Bonchev–Trinajstić information content (AvgIpc) is 2.46. The van der Waals surface area contributed by atoms with Crippen molar-refractivity contribution >= 4 is 26.8 Å². The SMILES string of the molecule is Cn1ncc2cc(Br)cc(CN)c21. The molecule has 3 nitrogen and oxygen atoms in total. The van der Waals surface area contributed by atoms with Crippen LogP contribution in [0.2, 0.25) is 0 Å². The van der Waals surface area contributed by atoms with Gasteiger partial charge in [0.2, 0.25) is 0 Å². The van der Waals surface area contributed by atoms with E-state index in [9.17, 15) is 0 Å². The topological polar surface area (TPSA) is 43.8 Å².